The van der Waals surface area contributed by atoms with Gasteiger partial charge in [-0.3, -0.25) is 14.7 Å². The Morgan fingerprint density at radius 1 is 1.37 bits per heavy atom. The summed E-state index contributed by atoms with van der Waals surface area (Å²) in [6.07, 6.45) is 1.78. The maximum absolute atomic E-state index is 13.0. The van der Waals surface area contributed by atoms with Gasteiger partial charge in [0.05, 0.1) is 6.04 Å². The number of likely N-dealkylation sites (tertiary alicyclic amines) is 1. The van der Waals surface area contributed by atoms with Gasteiger partial charge in [0, 0.05) is 25.2 Å². The lowest BCUT2D eigenvalue weighted by Crippen LogP contribution is -2.37. The van der Waals surface area contributed by atoms with Crippen LogP contribution in [0.4, 0.5) is 4.39 Å². The van der Waals surface area contributed by atoms with E-state index in [0.717, 1.165) is 17.7 Å². The quantitative estimate of drug-likeness (QED) is 0.783. The van der Waals surface area contributed by atoms with Crippen molar-refractivity contribution in [1.29, 1.82) is 0 Å². The van der Waals surface area contributed by atoms with Crippen molar-refractivity contribution in [1.82, 2.24) is 20.4 Å². The molecule has 1 aromatic heterocycles. The van der Waals surface area contributed by atoms with Gasteiger partial charge < -0.3 is 10.2 Å². The summed E-state index contributed by atoms with van der Waals surface area (Å²) in [5, 5.41) is 9.85. The van der Waals surface area contributed by atoms with Crippen LogP contribution >= 0.6 is 0 Å². The van der Waals surface area contributed by atoms with Crippen LogP contribution in [0, 0.1) is 11.7 Å². The monoisotopic (exact) mass is 372 g/mol. The molecule has 1 aliphatic heterocycles. The topological polar surface area (TPSA) is 78.1 Å². The molecule has 0 bridgehead atoms. The van der Waals surface area contributed by atoms with Crippen LogP contribution in [0.3, 0.4) is 0 Å². The zero-order chi connectivity index (χ0) is 19.4. The van der Waals surface area contributed by atoms with Gasteiger partial charge in [0.15, 0.2) is 0 Å². The lowest BCUT2D eigenvalue weighted by molar-refractivity contribution is -0.127. The molecular weight excluding hydrogens is 347 g/mol. The first kappa shape index (κ1) is 19.1. The number of halogens is 1. The van der Waals surface area contributed by atoms with Crippen molar-refractivity contribution < 1.29 is 14.0 Å². The number of aromatic amines is 1. The molecule has 1 fully saturated rings. The second-order valence-corrected chi connectivity index (χ2v) is 7.47. The molecule has 7 heteroatoms. The molecule has 27 heavy (non-hydrogen) atoms. The van der Waals surface area contributed by atoms with Crippen LogP contribution in [0.5, 0.6) is 0 Å². The molecule has 2 N–H and O–H groups in total. The van der Waals surface area contributed by atoms with Crippen molar-refractivity contribution in [2.24, 2.45) is 5.92 Å². The Hall–Kier alpha value is -2.70. The van der Waals surface area contributed by atoms with Gasteiger partial charge in [-0.1, -0.05) is 26.0 Å². The molecule has 1 aliphatic rings. The van der Waals surface area contributed by atoms with Gasteiger partial charge in [-0.05, 0) is 42.5 Å². The number of H-pyrrole nitrogens is 1. The summed E-state index contributed by atoms with van der Waals surface area (Å²) in [6.45, 7) is 5.24. The highest BCUT2D eigenvalue weighted by Crippen LogP contribution is 2.14. The Bertz CT molecular complexity index is 801. The van der Waals surface area contributed by atoms with E-state index in [2.05, 4.69) is 29.4 Å². The summed E-state index contributed by atoms with van der Waals surface area (Å²) in [4.78, 5) is 26.3. The van der Waals surface area contributed by atoms with Crippen LogP contribution in [0.2, 0.25) is 0 Å². The second-order valence-electron chi connectivity index (χ2n) is 7.47. The Morgan fingerprint density at radius 2 is 2.11 bits per heavy atom. The number of hydrogen-bond acceptors (Lipinski definition) is 3. The third kappa shape index (κ3) is 5.15. The van der Waals surface area contributed by atoms with Crippen molar-refractivity contribution in [3.8, 4) is 0 Å². The number of benzene rings is 1. The molecule has 0 unspecified atom stereocenters. The number of rotatable bonds is 7. The third-order valence-corrected chi connectivity index (χ3v) is 4.63. The predicted molar refractivity (Wildman–Crippen MR) is 99.7 cm³/mol. The average molecular weight is 372 g/mol. The summed E-state index contributed by atoms with van der Waals surface area (Å²) in [6, 6.07) is 7.83. The van der Waals surface area contributed by atoms with E-state index in [4.69, 9.17) is 0 Å². The van der Waals surface area contributed by atoms with Gasteiger partial charge in [-0.15, -0.1) is 0 Å². The minimum atomic E-state index is -0.270. The molecule has 2 heterocycles. The van der Waals surface area contributed by atoms with Crippen molar-refractivity contribution in [2.45, 2.75) is 39.2 Å². The molecule has 144 valence electrons. The molecule has 1 aromatic carbocycles. The van der Waals surface area contributed by atoms with Crippen LogP contribution in [0.25, 0.3) is 0 Å². The van der Waals surface area contributed by atoms with E-state index >= 15 is 0 Å². The predicted octanol–water partition coefficient (Wildman–Crippen LogP) is 2.32. The van der Waals surface area contributed by atoms with E-state index < -0.39 is 0 Å². The van der Waals surface area contributed by atoms with Crippen LogP contribution < -0.4 is 5.32 Å². The van der Waals surface area contributed by atoms with Gasteiger partial charge in [0.1, 0.15) is 11.5 Å². The van der Waals surface area contributed by atoms with Crippen LogP contribution in [0.15, 0.2) is 30.3 Å². The normalized spacial score (nSPS) is 17.0. The fourth-order valence-corrected chi connectivity index (χ4v) is 3.28. The molecule has 0 saturated carbocycles. The van der Waals surface area contributed by atoms with Crippen molar-refractivity contribution in [3.05, 3.63) is 53.1 Å². The molecule has 2 amide bonds. The summed E-state index contributed by atoms with van der Waals surface area (Å²) < 4.78 is 13.0. The average Bonchev–Trinajstić information content (AvgIpc) is 3.20. The molecule has 1 saturated heterocycles. The lowest BCUT2D eigenvalue weighted by atomic mass is 10.1. The highest BCUT2D eigenvalue weighted by molar-refractivity contribution is 5.93. The minimum absolute atomic E-state index is 0.0185. The summed E-state index contributed by atoms with van der Waals surface area (Å²) in [5.41, 5.74) is 2.26. The molecule has 2 aromatic rings. The van der Waals surface area contributed by atoms with Crippen molar-refractivity contribution >= 4 is 11.8 Å². The first-order chi connectivity index (χ1) is 12.9. The first-order valence-corrected chi connectivity index (χ1v) is 9.28. The highest BCUT2D eigenvalue weighted by atomic mass is 19.1. The van der Waals surface area contributed by atoms with E-state index in [1.54, 1.807) is 23.1 Å². The number of nitrogens with zero attached hydrogens (tertiary/aromatic N) is 2. The third-order valence-electron chi connectivity index (χ3n) is 4.63. The summed E-state index contributed by atoms with van der Waals surface area (Å²) in [7, 11) is 0. The summed E-state index contributed by atoms with van der Waals surface area (Å²) >= 11 is 0. The fraction of sp³-hybridized carbons (Fsp3) is 0.450. The lowest BCUT2D eigenvalue weighted by Gasteiger charge is -2.17. The number of nitrogens with one attached hydrogen (secondary N) is 2. The maximum atomic E-state index is 13.0. The Kier molecular flexibility index (Phi) is 5.88. The van der Waals surface area contributed by atoms with Gasteiger partial charge in [-0.25, -0.2) is 4.39 Å². The number of carbonyl (C=O) groups excluding carboxylic acids is 2. The Morgan fingerprint density at radius 3 is 2.81 bits per heavy atom. The second kappa shape index (κ2) is 8.33. The molecule has 3 rings (SSSR count). The highest BCUT2D eigenvalue weighted by Gasteiger charge is 2.30. The largest absolute Gasteiger partial charge is 0.346 e. The van der Waals surface area contributed by atoms with Crippen molar-refractivity contribution in [2.75, 3.05) is 13.1 Å². The Labute approximate surface area is 158 Å². The van der Waals surface area contributed by atoms with Gasteiger partial charge in [-0.2, -0.15) is 5.10 Å². The minimum Gasteiger partial charge on any atom is -0.346 e. The zero-order valence-electron chi connectivity index (χ0n) is 15.7. The molecule has 0 aliphatic carbocycles. The maximum Gasteiger partial charge on any atom is 0.272 e. The first-order valence-electron chi connectivity index (χ1n) is 9.28. The van der Waals surface area contributed by atoms with E-state index in [0.29, 0.717) is 37.5 Å². The number of carbonyl (C=O) groups is 2. The fourth-order valence-electron chi connectivity index (χ4n) is 3.28. The molecule has 6 nitrogen and oxygen atoms in total. The van der Waals surface area contributed by atoms with Gasteiger partial charge in [0.25, 0.3) is 5.91 Å². The molecule has 0 spiro atoms. The van der Waals surface area contributed by atoms with Crippen molar-refractivity contribution in [3.63, 3.8) is 0 Å². The van der Waals surface area contributed by atoms with Crippen LogP contribution in [-0.2, 0) is 17.6 Å². The number of hydrogen-bond donors (Lipinski definition) is 2. The SMILES string of the molecule is CC(C)Cc1cc(C(=O)N[C@H]2CC(=O)N(CCc3ccc(F)cc3)C2)n[nH]1. The van der Waals surface area contributed by atoms with Gasteiger partial charge in [0.2, 0.25) is 5.91 Å². The standard InChI is InChI=1S/C20H25FN4O2/c1-13(2)9-16-10-18(24-23-16)20(27)22-17-11-19(26)25(12-17)8-7-14-3-5-15(21)6-4-14/h3-6,10,13,17H,7-9,11-12H2,1-2H3,(H,22,27)(H,23,24)/t17-/m0/s1. The van der Waals surface area contributed by atoms with E-state index in [9.17, 15) is 14.0 Å². The number of aromatic nitrogens is 2. The van der Waals surface area contributed by atoms with E-state index in [1.807, 2.05) is 0 Å². The van der Waals surface area contributed by atoms with E-state index in [-0.39, 0.29) is 23.7 Å². The van der Waals surface area contributed by atoms with Crippen LogP contribution in [0.1, 0.15) is 42.0 Å². The molecule has 1 atom stereocenters. The van der Waals surface area contributed by atoms with E-state index in [1.165, 1.54) is 12.1 Å². The zero-order valence-corrected chi connectivity index (χ0v) is 15.7. The van der Waals surface area contributed by atoms with Gasteiger partial charge >= 0.3 is 0 Å². The Balaban J connectivity index is 1.50. The molecule has 0 radical (unpaired) electrons. The number of amides is 2. The summed E-state index contributed by atoms with van der Waals surface area (Å²) in [5.74, 6) is -0.0402. The van der Waals surface area contributed by atoms with Crippen LogP contribution in [-0.4, -0.2) is 46.0 Å². The molecular formula is C20H25FN4O2. The smallest absolute Gasteiger partial charge is 0.272 e.